The Bertz CT molecular complexity index is 563. The van der Waals surface area contributed by atoms with Crippen molar-refractivity contribution in [3.8, 4) is 0 Å². The summed E-state index contributed by atoms with van der Waals surface area (Å²) in [6.45, 7) is 0. The van der Waals surface area contributed by atoms with Crippen molar-refractivity contribution in [2.75, 3.05) is 0 Å². The summed E-state index contributed by atoms with van der Waals surface area (Å²) in [4.78, 5) is 36.6. The fourth-order valence-corrected chi connectivity index (χ4v) is 3.34. The molecular weight excluding hydrogens is 268 g/mol. The van der Waals surface area contributed by atoms with Gasteiger partial charge < -0.3 is 4.74 Å². The topological polar surface area (TPSA) is 60.4 Å². The molecule has 4 heteroatoms. The van der Waals surface area contributed by atoms with E-state index in [0.717, 1.165) is 19.3 Å². The molecule has 110 valence electrons. The van der Waals surface area contributed by atoms with Crippen LogP contribution in [0.25, 0.3) is 0 Å². The van der Waals surface area contributed by atoms with Crippen LogP contribution in [-0.4, -0.2) is 23.6 Å². The fraction of sp³-hybridized carbons (Fsp3) is 0.471. The molecule has 1 saturated carbocycles. The molecule has 1 aliphatic carbocycles. The molecule has 2 aliphatic rings. The maximum atomic E-state index is 12.6. The van der Waals surface area contributed by atoms with E-state index in [4.69, 9.17) is 4.74 Å². The highest BCUT2D eigenvalue weighted by atomic mass is 16.6. The maximum Gasteiger partial charge on any atom is 0.317 e. The van der Waals surface area contributed by atoms with Gasteiger partial charge in [-0.05, 0) is 19.3 Å². The van der Waals surface area contributed by atoms with Crippen LogP contribution < -0.4 is 0 Å². The summed E-state index contributed by atoms with van der Waals surface area (Å²) in [6, 6.07) is 8.77. The predicted octanol–water partition coefficient (Wildman–Crippen LogP) is 2.56. The lowest BCUT2D eigenvalue weighted by Gasteiger charge is -2.22. The first-order valence-electron chi connectivity index (χ1n) is 7.48. The van der Waals surface area contributed by atoms with E-state index in [9.17, 15) is 14.4 Å². The van der Waals surface area contributed by atoms with E-state index in [1.807, 2.05) is 6.07 Å². The summed E-state index contributed by atoms with van der Waals surface area (Å²) in [6.07, 6.45) is 3.01. The second-order valence-corrected chi connectivity index (χ2v) is 5.84. The Morgan fingerprint density at radius 3 is 2.62 bits per heavy atom. The molecule has 3 atom stereocenters. The number of carbonyl (C=O) groups is 3. The van der Waals surface area contributed by atoms with Crippen molar-refractivity contribution in [3.05, 3.63) is 35.9 Å². The summed E-state index contributed by atoms with van der Waals surface area (Å²) in [7, 11) is 0. The van der Waals surface area contributed by atoms with Crippen molar-refractivity contribution in [1.82, 2.24) is 0 Å². The van der Waals surface area contributed by atoms with Gasteiger partial charge in [0.1, 0.15) is 17.8 Å². The zero-order valence-corrected chi connectivity index (χ0v) is 11.8. The monoisotopic (exact) mass is 286 g/mol. The highest BCUT2D eigenvalue weighted by Gasteiger charge is 2.49. The number of hydrogen-bond acceptors (Lipinski definition) is 4. The largest absolute Gasteiger partial charge is 0.461 e. The molecule has 4 nitrogen and oxygen atoms in total. The lowest BCUT2D eigenvalue weighted by Crippen LogP contribution is -2.31. The van der Waals surface area contributed by atoms with Crippen molar-refractivity contribution in [2.24, 2.45) is 11.8 Å². The molecular formula is C17H18O4. The van der Waals surface area contributed by atoms with Crippen LogP contribution in [0.2, 0.25) is 0 Å². The summed E-state index contributed by atoms with van der Waals surface area (Å²) in [5.41, 5.74) is 0.509. The Kier molecular flexibility index (Phi) is 3.86. The van der Waals surface area contributed by atoms with Gasteiger partial charge >= 0.3 is 5.97 Å². The third-order valence-electron chi connectivity index (χ3n) is 4.43. The molecule has 0 spiro atoms. The van der Waals surface area contributed by atoms with Gasteiger partial charge in [0.25, 0.3) is 0 Å². The van der Waals surface area contributed by atoms with E-state index < -0.39 is 11.9 Å². The first-order valence-corrected chi connectivity index (χ1v) is 7.48. The first kappa shape index (κ1) is 14.0. The van der Waals surface area contributed by atoms with Crippen molar-refractivity contribution >= 4 is 17.5 Å². The Morgan fingerprint density at radius 1 is 1.10 bits per heavy atom. The molecule has 3 rings (SSSR count). The van der Waals surface area contributed by atoms with Gasteiger partial charge in [-0.25, -0.2) is 0 Å². The predicted molar refractivity (Wildman–Crippen MR) is 75.7 cm³/mol. The van der Waals surface area contributed by atoms with E-state index in [2.05, 4.69) is 0 Å². The van der Waals surface area contributed by atoms with E-state index in [1.165, 1.54) is 0 Å². The van der Waals surface area contributed by atoms with Crippen LogP contribution in [0.15, 0.2) is 30.3 Å². The normalized spacial score (nSPS) is 29.2. The number of benzene rings is 1. The van der Waals surface area contributed by atoms with Crippen molar-refractivity contribution in [3.63, 3.8) is 0 Å². The highest BCUT2D eigenvalue weighted by Crippen LogP contribution is 2.37. The molecule has 1 aromatic rings. The smallest absolute Gasteiger partial charge is 0.317 e. The van der Waals surface area contributed by atoms with Crippen LogP contribution >= 0.6 is 0 Å². The van der Waals surface area contributed by atoms with E-state index in [-0.39, 0.29) is 30.0 Å². The molecule has 1 aliphatic heterocycles. The van der Waals surface area contributed by atoms with Gasteiger partial charge in [-0.1, -0.05) is 30.3 Å². The van der Waals surface area contributed by atoms with E-state index in [1.54, 1.807) is 24.3 Å². The van der Waals surface area contributed by atoms with Crippen LogP contribution in [0.5, 0.6) is 0 Å². The number of esters is 1. The number of Topliss-reactive ketones (excluding diaryl/α,β-unsaturated/α-hetero) is 2. The zero-order valence-electron chi connectivity index (χ0n) is 11.8. The number of carbonyl (C=O) groups excluding carboxylic acids is 3. The van der Waals surface area contributed by atoms with Crippen molar-refractivity contribution in [2.45, 2.75) is 38.2 Å². The Balaban J connectivity index is 1.87. The molecule has 1 heterocycles. The average Bonchev–Trinajstić information content (AvgIpc) is 2.77. The summed E-state index contributed by atoms with van der Waals surface area (Å²) < 4.78 is 5.39. The SMILES string of the molecule is O=C1CCCCC2OC(=O)C(C(=O)c3ccccc3)C2C1. The van der Waals surface area contributed by atoms with E-state index >= 15 is 0 Å². The van der Waals surface area contributed by atoms with Crippen LogP contribution in [-0.2, 0) is 14.3 Å². The number of rotatable bonds is 2. The van der Waals surface area contributed by atoms with Crippen LogP contribution in [0, 0.1) is 11.8 Å². The number of ether oxygens (including phenoxy) is 1. The molecule has 1 aromatic carbocycles. The quantitative estimate of drug-likeness (QED) is 0.476. The second kappa shape index (κ2) is 5.80. The molecule has 0 aromatic heterocycles. The maximum absolute atomic E-state index is 12.6. The summed E-state index contributed by atoms with van der Waals surface area (Å²) in [5.74, 6) is -1.67. The van der Waals surface area contributed by atoms with Gasteiger partial charge in [0.2, 0.25) is 0 Å². The highest BCUT2D eigenvalue weighted by molar-refractivity contribution is 6.10. The van der Waals surface area contributed by atoms with Crippen LogP contribution in [0.4, 0.5) is 0 Å². The van der Waals surface area contributed by atoms with Crippen molar-refractivity contribution < 1.29 is 19.1 Å². The lowest BCUT2D eigenvalue weighted by atomic mass is 9.78. The molecule has 2 fully saturated rings. The summed E-state index contributed by atoms with van der Waals surface area (Å²) >= 11 is 0. The third kappa shape index (κ3) is 2.75. The van der Waals surface area contributed by atoms with E-state index in [0.29, 0.717) is 12.0 Å². The average molecular weight is 286 g/mol. The van der Waals surface area contributed by atoms with Crippen LogP contribution in [0.3, 0.4) is 0 Å². The van der Waals surface area contributed by atoms with Gasteiger partial charge in [-0.15, -0.1) is 0 Å². The first-order chi connectivity index (χ1) is 10.2. The van der Waals surface area contributed by atoms with Crippen molar-refractivity contribution in [1.29, 1.82) is 0 Å². The minimum absolute atomic E-state index is 0.133. The Morgan fingerprint density at radius 2 is 1.86 bits per heavy atom. The van der Waals surface area contributed by atoms with Gasteiger partial charge in [0.05, 0.1) is 0 Å². The molecule has 0 amide bonds. The molecule has 0 bridgehead atoms. The van der Waals surface area contributed by atoms with Gasteiger partial charge in [-0.3, -0.25) is 14.4 Å². The number of fused-ring (bicyclic) bond motifs is 1. The Hall–Kier alpha value is -1.97. The number of hydrogen-bond donors (Lipinski definition) is 0. The lowest BCUT2D eigenvalue weighted by molar-refractivity contribution is -0.143. The second-order valence-electron chi connectivity index (χ2n) is 5.84. The minimum atomic E-state index is -0.820. The standard InChI is InChI=1S/C17H18O4/c18-12-8-4-5-9-14-13(10-12)15(17(20)21-14)16(19)11-6-2-1-3-7-11/h1-3,6-7,13-15H,4-5,8-10H2. The van der Waals surface area contributed by atoms with Crippen LogP contribution in [0.1, 0.15) is 42.5 Å². The summed E-state index contributed by atoms with van der Waals surface area (Å²) in [5, 5.41) is 0. The number of ketones is 2. The molecule has 1 saturated heterocycles. The molecule has 0 N–H and O–H groups in total. The fourth-order valence-electron chi connectivity index (χ4n) is 3.34. The van der Waals surface area contributed by atoms with Gasteiger partial charge in [-0.2, -0.15) is 0 Å². The third-order valence-corrected chi connectivity index (χ3v) is 4.43. The van der Waals surface area contributed by atoms with Gasteiger partial charge in [0, 0.05) is 24.3 Å². The van der Waals surface area contributed by atoms with Gasteiger partial charge in [0.15, 0.2) is 5.78 Å². The zero-order chi connectivity index (χ0) is 14.8. The minimum Gasteiger partial charge on any atom is -0.461 e. The molecule has 0 radical (unpaired) electrons. The molecule has 21 heavy (non-hydrogen) atoms. The Labute approximate surface area is 123 Å². The molecule has 3 unspecified atom stereocenters.